The van der Waals surface area contributed by atoms with Crippen LogP contribution < -0.4 is 10.5 Å². The molecule has 2 rings (SSSR count). The number of nitrogens with two attached hydrogens (primary N) is 1. The Balaban J connectivity index is 2.41. The molecule has 0 atom stereocenters. The van der Waals surface area contributed by atoms with E-state index in [2.05, 4.69) is 36.1 Å². The minimum Gasteiger partial charge on any atom is -0.409 e. The maximum absolute atomic E-state index is 12.5. The van der Waals surface area contributed by atoms with Gasteiger partial charge in [0.15, 0.2) is 10.4 Å². The summed E-state index contributed by atoms with van der Waals surface area (Å²) in [6, 6.07) is 0. The summed E-state index contributed by atoms with van der Waals surface area (Å²) in [7, 11) is -2.44. The van der Waals surface area contributed by atoms with Crippen LogP contribution >= 0.6 is 15.9 Å². The SMILES string of the molecule is Cn1nnc(Br)c1S(=O)(=O)NC1(C(N)=NO)CCCC1. The van der Waals surface area contributed by atoms with Crippen LogP contribution in [-0.2, 0) is 17.1 Å². The van der Waals surface area contributed by atoms with E-state index in [-0.39, 0.29) is 15.5 Å². The van der Waals surface area contributed by atoms with Crippen molar-refractivity contribution in [3.63, 3.8) is 0 Å². The zero-order valence-electron chi connectivity index (χ0n) is 10.7. The van der Waals surface area contributed by atoms with Gasteiger partial charge in [-0.1, -0.05) is 23.2 Å². The van der Waals surface area contributed by atoms with E-state index >= 15 is 0 Å². The maximum Gasteiger partial charge on any atom is 0.261 e. The van der Waals surface area contributed by atoms with Crippen LogP contribution in [-0.4, -0.2) is 40.0 Å². The number of aryl methyl sites for hydroxylation is 1. The van der Waals surface area contributed by atoms with Gasteiger partial charge in [-0.3, -0.25) is 0 Å². The molecule has 0 radical (unpaired) electrons. The molecule has 20 heavy (non-hydrogen) atoms. The standard InChI is InChI=1S/C9H15BrN6O3S/c1-16-7(6(10)12-15-16)20(18,19)14-9(8(11)13-17)4-2-3-5-9/h14,17H,2-5H2,1H3,(H2,11,13). The zero-order chi connectivity index (χ0) is 15.0. The third kappa shape index (κ3) is 2.52. The lowest BCUT2D eigenvalue weighted by Gasteiger charge is -2.28. The summed E-state index contributed by atoms with van der Waals surface area (Å²) in [5.74, 6) is -0.134. The van der Waals surface area contributed by atoms with Crippen molar-refractivity contribution >= 4 is 31.8 Å². The Morgan fingerprint density at radius 3 is 2.60 bits per heavy atom. The van der Waals surface area contributed by atoms with Gasteiger partial charge in [0.1, 0.15) is 0 Å². The van der Waals surface area contributed by atoms with E-state index in [1.165, 1.54) is 7.05 Å². The second kappa shape index (κ2) is 5.30. The van der Waals surface area contributed by atoms with Crippen molar-refractivity contribution in [3.8, 4) is 0 Å². The summed E-state index contributed by atoms with van der Waals surface area (Å²) >= 11 is 3.05. The van der Waals surface area contributed by atoms with E-state index in [4.69, 9.17) is 10.9 Å². The Kier molecular flexibility index (Phi) is 4.02. The third-order valence-electron chi connectivity index (χ3n) is 3.38. The van der Waals surface area contributed by atoms with Crippen LogP contribution in [0.25, 0.3) is 0 Å². The summed E-state index contributed by atoms with van der Waals surface area (Å²) in [5.41, 5.74) is 4.61. The Bertz CT molecular complexity index is 615. The molecule has 0 aromatic carbocycles. The zero-order valence-corrected chi connectivity index (χ0v) is 13.1. The Labute approximate surface area is 124 Å². The lowest BCUT2D eigenvalue weighted by atomic mass is 9.98. The monoisotopic (exact) mass is 366 g/mol. The number of amidine groups is 1. The third-order valence-corrected chi connectivity index (χ3v) is 5.80. The highest BCUT2D eigenvalue weighted by Gasteiger charge is 2.43. The summed E-state index contributed by atoms with van der Waals surface area (Å²) in [6.07, 6.45) is 2.54. The highest BCUT2D eigenvalue weighted by Crippen LogP contribution is 2.32. The van der Waals surface area contributed by atoms with Crippen molar-refractivity contribution in [1.82, 2.24) is 19.7 Å². The van der Waals surface area contributed by atoms with Crippen molar-refractivity contribution in [2.75, 3.05) is 0 Å². The van der Waals surface area contributed by atoms with Gasteiger partial charge in [-0.15, -0.1) is 5.10 Å². The Hall–Kier alpha value is -1.20. The van der Waals surface area contributed by atoms with Crippen LogP contribution in [0.4, 0.5) is 0 Å². The first-order valence-electron chi connectivity index (χ1n) is 5.89. The summed E-state index contributed by atoms with van der Waals surface area (Å²) in [5, 5.41) is 19.0. The van der Waals surface area contributed by atoms with Crippen molar-refractivity contribution < 1.29 is 13.6 Å². The van der Waals surface area contributed by atoms with E-state index in [9.17, 15) is 8.42 Å². The molecule has 1 aromatic rings. The number of hydrogen-bond donors (Lipinski definition) is 3. The molecule has 4 N–H and O–H groups in total. The van der Waals surface area contributed by atoms with Crippen molar-refractivity contribution in [2.24, 2.45) is 17.9 Å². The quantitative estimate of drug-likeness (QED) is 0.295. The molecule has 0 amide bonds. The van der Waals surface area contributed by atoms with Gasteiger partial charge < -0.3 is 10.9 Å². The molecule has 1 fully saturated rings. The molecule has 1 saturated carbocycles. The van der Waals surface area contributed by atoms with Crippen LogP contribution in [0.1, 0.15) is 25.7 Å². The molecule has 0 saturated heterocycles. The fourth-order valence-electron chi connectivity index (χ4n) is 2.40. The lowest BCUT2D eigenvalue weighted by molar-refractivity contribution is 0.309. The summed E-state index contributed by atoms with van der Waals surface area (Å²) in [6.45, 7) is 0. The normalized spacial score (nSPS) is 19.4. The first-order chi connectivity index (χ1) is 9.32. The Morgan fingerprint density at radius 2 is 2.15 bits per heavy atom. The topological polar surface area (TPSA) is 135 Å². The lowest BCUT2D eigenvalue weighted by Crippen LogP contribution is -2.55. The number of nitrogens with zero attached hydrogens (tertiary/aromatic N) is 4. The molecule has 11 heteroatoms. The van der Waals surface area contributed by atoms with Crippen LogP contribution in [0, 0.1) is 0 Å². The van der Waals surface area contributed by atoms with Crippen LogP contribution in [0.5, 0.6) is 0 Å². The van der Waals surface area contributed by atoms with Gasteiger partial charge in [0.25, 0.3) is 10.0 Å². The molecule has 0 spiro atoms. The molecule has 112 valence electrons. The minimum absolute atomic E-state index is 0.102. The van der Waals surface area contributed by atoms with E-state index in [1.807, 2.05) is 0 Å². The van der Waals surface area contributed by atoms with Crippen LogP contribution in [0.2, 0.25) is 0 Å². The summed E-state index contributed by atoms with van der Waals surface area (Å²) in [4.78, 5) is 0. The van der Waals surface area contributed by atoms with Gasteiger partial charge >= 0.3 is 0 Å². The smallest absolute Gasteiger partial charge is 0.261 e. The molecule has 1 heterocycles. The second-order valence-electron chi connectivity index (χ2n) is 4.69. The average Bonchev–Trinajstić information content (AvgIpc) is 2.96. The molecule has 0 aliphatic heterocycles. The predicted molar refractivity (Wildman–Crippen MR) is 73.6 cm³/mol. The summed E-state index contributed by atoms with van der Waals surface area (Å²) < 4.78 is 28.7. The molecule has 0 bridgehead atoms. The van der Waals surface area contributed by atoms with Gasteiger partial charge in [0.05, 0.1) is 5.54 Å². The average molecular weight is 367 g/mol. The highest BCUT2D eigenvalue weighted by molar-refractivity contribution is 9.10. The van der Waals surface area contributed by atoms with Gasteiger partial charge in [0.2, 0.25) is 5.03 Å². The molecule has 1 aliphatic rings. The number of hydrogen-bond acceptors (Lipinski definition) is 6. The number of oxime groups is 1. The molecule has 9 nitrogen and oxygen atoms in total. The van der Waals surface area contributed by atoms with E-state index in [0.29, 0.717) is 12.8 Å². The van der Waals surface area contributed by atoms with Gasteiger partial charge in [-0.05, 0) is 28.8 Å². The van der Waals surface area contributed by atoms with Crippen molar-refractivity contribution in [3.05, 3.63) is 4.60 Å². The highest BCUT2D eigenvalue weighted by atomic mass is 79.9. The number of sulfonamides is 1. The number of halogens is 1. The maximum atomic E-state index is 12.5. The van der Waals surface area contributed by atoms with E-state index in [0.717, 1.165) is 17.5 Å². The fraction of sp³-hybridized carbons (Fsp3) is 0.667. The number of aromatic nitrogens is 3. The van der Waals surface area contributed by atoms with Gasteiger partial charge in [-0.25, -0.2) is 13.1 Å². The number of rotatable bonds is 4. The number of nitrogens with one attached hydrogen (secondary N) is 1. The fourth-order valence-corrected chi connectivity index (χ4v) is 4.93. The minimum atomic E-state index is -3.91. The molecule has 1 aromatic heterocycles. The molecule has 0 unspecified atom stereocenters. The van der Waals surface area contributed by atoms with Crippen molar-refractivity contribution in [1.29, 1.82) is 0 Å². The van der Waals surface area contributed by atoms with Gasteiger partial charge in [0, 0.05) is 7.05 Å². The van der Waals surface area contributed by atoms with E-state index in [1.54, 1.807) is 0 Å². The van der Waals surface area contributed by atoms with Crippen molar-refractivity contribution in [2.45, 2.75) is 36.2 Å². The Morgan fingerprint density at radius 1 is 1.55 bits per heavy atom. The molecular weight excluding hydrogens is 352 g/mol. The molecule has 1 aliphatic carbocycles. The first kappa shape index (κ1) is 15.2. The second-order valence-corrected chi connectivity index (χ2v) is 7.04. The van der Waals surface area contributed by atoms with Crippen LogP contribution in [0.15, 0.2) is 14.8 Å². The predicted octanol–water partition coefficient (Wildman–Crippen LogP) is -0.0849. The van der Waals surface area contributed by atoms with Gasteiger partial charge in [-0.2, -0.15) is 4.72 Å². The first-order valence-corrected chi connectivity index (χ1v) is 8.17. The van der Waals surface area contributed by atoms with E-state index < -0.39 is 15.6 Å². The molecular formula is C9H15BrN6O3S. The van der Waals surface area contributed by atoms with Crippen LogP contribution in [0.3, 0.4) is 0 Å². The largest absolute Gasteiger partial charge is 0.409 e.